The van der Waals surface area contributed by atoms with Crippen LogP contribution in [0.2, 0.25) is 0 Å². The van der Waals surface area contributed by atoms with E-state index < -0.39 is 0 Å². The van der Waals surface area contributed by atoms with Crippen molar-refractivity contribution in [1.82, 2.24) is 0 Å². The van der Waals surface area contributed by atoms with E-state index in [0.29, 0.717) is 0 Å². The molecule has 0 fully saturated rings. The van der Waals surface area contributed by atoms with E-state index in [0.717, 1.165) is 31.6 Å². The number of ether oxygens (including phenoxy) is 1. The molecule has 0 radical (unpaired) electrons. The minimum absolute atomic E-state index is 0.833. The summed E-state index contributed by atoms with van der Waals surface area (Å²) in [5.41, 5.74) is 1.14. The highest BCUT2D eigenvalue weighted by atomic mass is 16.5. The van der Waals surface area contributed by atoms with Gasteiger partial charge in [-0.3, -0.25) is 0 Å². The van der Waals surface area contributed by atoms with Crippen molar-refractivity contribution in [3.63, 3.8) is 0 Å². The first-order chi connectivity index (χ1) is 5.81. The highest BCUT2D eigenvalue weighted by Crippen LogP contribution is 2.07. The Bertz CT molecular complexity index is 127. The van der Waals surface area contributed by atoms with Gasteiger partial charge in [0.1, 0.15) is 0 Å². The van der Waals surface area contributed by atoms with Crippen LogP contribution in [0.5, 0.6) is 0 Å². The van der Waals surface area contributed by atoms with Gasteiger partial charge in [-0.25, -0.2) is 0 Å². The molecule has 0 aromatic rings. The average molecular weight is 168 g/mol. The molecule has 0 aliphatic heterocycles. The fourth-order valence-electron chi connectivity index (χ4n) is 0.979. The van der Waals surface area contributed by atoms with Gasteiger partial charge in [0.2, 0.25) is 0 Å². The molecule has 0 unspecified atom stereocenters. The van der Waals surface area contributed by atoms with E-state index in [9.17, 15) is 0 Å². The molecular formula is C11H20O. The molecular weight excluding hydrogens is 148 g/mol. The van der Waals surface area contributed by atoms with E-state index >= 15 is 0 Å². The molecule has 0 bridgehead atoms. The summed E-state index contributed by atoms with van der Waals surface area (Å²) >= 11 is 0. The SMILES string of the molecule is C=CC(=C)CCCCCOCC. The Morgan fingerprint density at radius 3 is 2.67 bits per heavy atom. The summed E-state index contributed by atoms with van der Waals surface area (Å²) in [4.78, 5) is 0. The van der Waals surface area contributed by atoms with Gasteiger partial charge in [-0.15, -0.1) is 0 Å². The molecule has 0 aromatic carbocycles. The van der Waals surface area contributed by atoms with E-state index in [1.165, 1.54) is 12.8 Å². The number of hydrogen-bond acceptors (Lipinski definition) is 1. The molecule has 0 saturated heterocycles. The monoisotopic (exact) mass is 168 g/mol. The molecule has 1 nitrogen and oxygen atoms in total. The zero-order valence-corrected chi connectivity index (χ0v) is 8.14. The van der Waals surface area contributed by atoms with Crippen LogP contribution < -0.4 is 0 Å². The topological polar surface area (TPSA) is 9.23 Å². The lowest BCUT2D eigenvalue weighted by Gasteiger charge is -2.01. The molecule has 0 saturated carbocycles. The molecule has 0 amide bonds. The van der Waals surface area contributed by atoms with Gasteiger partial charge in [0.15, 0.2) is 0 Å². The Morgan fingerprint density at radius 2 is 2.08 bits per heavy atom. The largest absolute Gasteiger partial charge is 0.382 e. The minimum atomic E-state index is 0.833. The third-order valence-corrected chi connectivity index (χ3v) is 1.78. The Morgan fingerprint density at radius 1 is 1.33 bits per heavy atom. The number of rotatable bonds is 8. The van der Waals surface area contributed by atoms with Crippen molar-refractivity contribution in [3.8, 4) is 0 Å². The van der Waals surface area contributed by atoms with Gasteiger partial charge in [0.05, 0.1) is 0 Å². The van der Waals surface area contributed by atoms with Crippen molar-refractivity contribution in [1.29, 1.82) is 0 Å². The highest BCUT2D eigenvalue weighted by Gasteiger charge is 1.90. The predicted octanol–water partition coefficient (Wildman–Crippen LogP) is 3.33. The van der Waals surface area contributed by atoms with Crippen LogP contribution in [0, 0.1) is 0 Å². The Balaban J connectivity index is 3.00. The second-order valence-electron chi connectivity index (χ2n) is 2.87. The zero-order chi connectivity index (χ0) is 9.23. The van der Waals surface area contributed by atoms with Crippen LogP contribution in [0.3, 0.4) is 0 Å². The maximum Gasteiger partial charge on any atom is 0.0465 e. The zero-order valence-electron chi connectivity index (χ0n) is 8.14. The van der Waals surface area contributed by atoms with Crippen molar-refractivity contribution in [3.05, 3.63) is 24.8 Å². The van der Waals surface area contributed by atoms with E-state index in [-0.39, 0.29) is 0 Å². The lowest BCUT2D eigenvalue weighted by atomic mass is 10.1. The maximum atomic E-state index is 5.22. The molecule has 0 aliphatic carbocycles. The lowest BCUT2D eigenvalue weighted by Crippen LogP contribution is -1.92. The van der Waals surface area contributed by atoms with Gasteiger partial charge >= 0.3 is 0 Å². The van der Waals surface area contributed by atoms with Crippen LogP contribution in [-0.2, 0) is 4.74 Å². The van der Waals surface area contributed by atoms with Gasteiger partial charge in [-0.2, -0.15) is 0 Å². The minimum Gasteiger partial charge on any atom is -0.382 e. The molecule has 0 atom stereocenters. The molecule has 0 heterocycles. The first kappa shape index (κ1) is 11.4. The summed E-state index contributed by atoms with van der Waals surface area (Å²) in [6, 6.07) is 0. The van der Waals surface area contributed by atoms with Crippen molar-refractivity contribution >= 4 is 0 Å². The van der Waals surface area contributed by atoms with Crippen molar-refractivity contribution in [2.45, 2.75) is 32.6 Å². The molecule has 0 N–H and O–H groups in total. The summed E-state index contributed by atoms with van der Waals surface area (Å²) in [7, 11) is 0. The summed E-state index contributed by atoms with van der Waals surface area (Å²) in [5.74, 6) is 0. The lowest BCUT2D eigenvalue weighted by molar-refractivity contribution is 0.143. The normalized spacial score (nSPS) is 9.75. The van der Waals surface area contributed by atoms with E-state index in [2.05, 4.69) is 13.2 Å². The van der Waals surface area contributed by atoms with Crippen molar-refractivity contribution in [2.24, 2.45) is 0 Å². The molecule has 1 heteroatoms. The maximum absolute atomic E-state index is 5.22. The smallest absolute Gasteiger partial charge is 0.0465 e. The van der Waals surface area contributed by atoms with Crippen LogP contribution in [0.1, 0.15) is 32.6 Å². The van der Waals surface area contributed by atoms with Crippen LogP contribution in [-0.4, -0.2) is 13.2 Å². The average Bonchev–Trinajstić information content (AvgIpc) is 2.10. The van der Waals surface area contributed by atoms with Gasteiger partial charge in [-0.1, -0.05) is 31.2 Å². The Kier molecular flexibility index (Phi) is 8.14. The molecule has 0 aliphatic rings. The van der Waals surface area contributed by atoms with Gasteiger partial charge in [0, 0.05) is 13.2 Å². The summed E-state index contributed by atoms with van der Waals surface area (Å²) in [5, 5.41) is 0. The summed E-state index contributed by atoms with van der Waals surface area (Å²) in [6.45, 7) is 11.3. The summed E-state index contributed by atoms with van der Waals surface area (Å²) < 4.78 is 5.22. The molecule has 0 spiro atoms. The van der Waals surface area contributed by atoms with Crippen LogP contribution in [0.25, 0.3) is 0 Å². The van der Waals surface area contributed by atoms with Gasteiger partial charge < -0.3 is 4.74 Å². The molecule has 12 heavy (non-hydrogen) atoms. The van der Waals surface area contributed by atoms with Crippen molar-refractivity contribution in [2.75, 3.05) is 13.2 Å². The predicted molar refractivity (Wildman–Crippen MR) is 54.3 cm³/mol. The number of hydrogen-bond donors (Lipinski definition) is 0. The van der Waals surface area contributed by atoms with Crippen LogP contribution in [0.15, 0.2) is 24.8 Å². The van der Waals surface area contributed by atoms with Crippen LogP contribution >= 0.6 is 0 Å². The number of allylic oxidation sites excluding steroid dienone is 2. The Labute approximate surface area is 76.1 Å². The standard InChI is InChI=1S/C11H20O/c1-4-11(3)9-7-6-8-10-12-5-2/h4H,1,3,5-10H2,2H3. The molecule has 70 valence electrons. The third-order valence-electron chi connectivity index (χ3n) is 1.78. The molecule has 0 rings (SSSR count). The third kappa shape index (κ3) is 7.55. The highest BCUT2D eigenvalue weighted by molar-refractivity contribution is 5.10. The first-order valence-electron chi connectivity index (χ1n) is 4.69. The van der Waals surface area contributed by atoms with E-state index in [1.807, 2.05) is 13.0 Å². The van der Waals surface area contributed by atoms with Crippen LogP contribution in [0.4, 0.5) is 0 Å². The number of unbranched alkanes of at least 4 members (excludes halogenated alkanes) is 2. The van der Waals surface area contributed by atoms with E-state index in [4.69, 9.17) is 4.74 Å². The second-order valence-corrected chi connectivity index (χ2v) is 2.87. The van der Waals surface area contributed by atoms with Gasteiger partial charge in [0.25, 0.3) is 0 Å². The Hall–Kier alpha value is -0.560. The second kappa shape index (κ2) is 8.54. The quantitative estimate of drug-likeness (QED) is 0.399. The van der Waals surface area contributed by atoms with Gasteiger partial charge in [-0.05, 0) is 26.2 Å². The summed E-state index contributed by atoms with van der Waals surface area (Å²) in [6.07, 6.45) is 6.52. The molecule has 0 aromatic heterocycles. The first-order valence-corrected chi connectivity index (χ1v) is 4.69. The van der Waals surface area contributed by atoms with E-state index in [1.54, 1.807) is 0 Å². The van der Waals surface area contributed by atoms with Crippen molar-refractivity contribution < 1.29 is 4.74 Å². The fourth-order valence-corrected chi connectivity index (χ4v) is 0.979. The fraction of sp³-hybridized carbons (Fsp3) is 0.636.